The normalized spacial score (nSPS) is 10.4. The number of halogens is 2. The molecule has 0 spiro atoms. The molecule has 6 heteroatoms. The van der Waals surface area contributed by atoms with Crippen molar-refractivity contribution in [2.75, 3.05) is 11.9 Å². The molecule has 2 aromatic rings. The molecule has 1 heterocycles. The second-order valence-corrected chi connectivity index (χ2v) is 5.15. The molecule has 4 nitrogen and oxygen atoms in total. The Labute approximate surface area is 128 Å². The second kappa shape index (κ2) is 6.77. The van der Waals surface area contributed by atoms with E-state index in [1.54, 1.807) is 24.3 Å². The van der Waals surface area contributed by atoms with Gasteiger partial charge in [0.25, 0.3) is 0 Å². The first kappa shape index (κ1) is 14.9. The number of aryl methyl sites for hydroxylation is 1. The quantitative estimate of drug-likeness (QED) is 0.869. The number of nitrogens with one attached hydrogen (secondary N) is 1. The third kappa shape index (κ3) is 4.25. The van der Waals surface area contributed by atoms with Gasteiger partial charge in [0.2, 0.25) is 5.88 Å². The highest BCUT2D eigenvalue weighted by atomic mass is 35.5. The van der Waals surface area contributed by atoms with Crippen molar-refractivity contribution in [2.45, 2.75) is 20.3 Å². The second-order valence-electron chi connectivity index (χ2n) is 4.27. The highest BCUT2D eigenvalue weighted by molar-refractivity contribution is 6.34. The van der Waals surface area contributed by atoms with Crippen LogP contribution in [-0.2, 0) is 0 Å². The summed E-state index contributed by atoms with van der Waals surface area (Å²) in [7, 11) is 0. The lowest BCUT2D eigenvalue weighted by molar-refractivity contribution is 0.460. The van der Waals surface area contributed by atoms with E-state index in [4.69, 9.17) is 27.9 Å². The molecule has 20 heavy (non-hydrogen) atoms. The van der Waals surface area contributed by atoms with Crippen molar-refractivity contribution in [1.82, 2.24) is 9.97 Å². The van der Waals surface area contributed by atoms with E-state index < -0.39 is 0 Å². The van der Waals surface area contributed by atoms with Crippen LogP contribution in [0.4, 0.5) is 5.82 Å². The molecule has 0 aliphatic heterocycles. The Hall–Kier alpha value is -1.52. The number of rotatable bonds is 5. The zero-order chi connectivity index (χ0) is 14.5. The van der Waals surface area contributed by atoms with Gasteiger partial charge >= 0.3 is 0 Å². The predicted octanol–water partition coefficient (Wildman–Crippen LogP) is 4.71. The molecular weight excluding hydrogens is 297 g/mol. The summed E-state index contributed by atoms with van der Waals surface area (Å²) >= 11 is 11.9. The van der Waals surface area contributed by atoms with Crippen LogP contribution < -0.4 is 10.1 Å². The minimum atomic E-state index is 0.453. The van der Waals surface area contributed by atoms with Gasteiger partial charge in [-0.2, -0.15) is 4.98 Å². The highest BCUT2D eigenvalue weighted by Gasteiger charge is 2.06. The standard InChI is InChI=1S/C14H15Cl2N3O/c1-3-4-17-13-8-14(19-9(2)18-13)20-12-6-10(15)5-11(16)7-12/h5-8H,3-4H2,1-2H3,(H,17,18,19). The molecule has 0 atom stereocenters. The summed E-state index contributed by atoms with van der Waals surface area (Å²) in [6, 6.07) is 6.76. The van der Waals surface area contributed by atoms with E-state index in [0.717, 1.165) is 18.8 Å². The topological polar surface area (TPSA) is 47.0 Å². The summed E-state index contributed by atoms with van der Waals surface area (Å²) in [6.07, 6.45) is 1.02. The zero-order valence-electron chi connectivity index (χ0n) is 11.3. The first-order chi connectivity index (χ1) is 9.56. The van der Waals surface area contributed by atoms with Crippen LogP contribution >= 0.6 is 23.2 Å². The van der Waals surface area contributed by atoms with Crippen LogP contribution in [0.1, 0.15) is 19.2 Å². The number of anilines is 1. The zero-order valence-corrected chi connectivity index (χ0v) is 12.8. The summed E-state index contributed by atoms with van der Waals surface area (Å²) in [5, 5.41) is 4.23. The molecule has 1 aromatic heterocycles. The molecule has 1 aromatic carbocycles. The first-order valence-corrected chi connectivity index (χ1v) is 7.06. The van der Waals surface area contributed by atoms with Gasteiger partial charge in [0.15, 0.2) is 0 Å². The van der Waals surface area contributed by atoms with E-state index >= 15 is 0 Å². The minimum Gasteiger partial charge on any atom is -0.439 e. The van der Waals surface area contributed by atoms with E-state index in [2.05, 4.69) is 22.2 Å². The Balaban J connectivity index is 2.21. The third-order valence-electron chi connectivity index (χ3n) is 2.43. The van der Waals surface area contributed by atoms with Crippen molar-refractivity contribution in [3.8, 4) is 11.6 Å². The van der Waals surface area contributed by atoms with E-state index in [1.807, 2.05) is 6.92 Å². The van der Waals surface area contributed by atoms with Crippen molar-refractivity contribution in [2.24, 2.45) is 0 Å². The molecule has 106 valence electrons. The van der Waals surface area contributed by atoms with Crippen LogP contribution in [0.15, 0.2) is 24.3 Å². The van der Waals surface area contributed by atoms with E-state index in [0.29, 0.717) is 27.5 Å². The molecule has 0 aliphatic carbocycles. The van der Waals surface area contributed by atoms with Gasteiger partial charge in [0, 0.05) is 22.7 Å². The predicted molar refractivity (Wildman–Crippen MR) is 82.1 cm³/mol. The number of hydrogen-bond donors (Lipinski definition) is 1. The average molecular weight is 312 g/mol. The van der Waals surface area contributed by atoms with Crippen molar-refractivity contribution in [3.05, 3.63) is 40.1 Å². The van der Waals surface area contributed by atoms with Crippen LogP contribution in [0.3, 0.4) is 0 Å². The van der Waals surface area contributed by atoms with E-state index in [1.165, 1.54) is 0 Å². The number of benzene rings is 1. The van der Waals surface area contributed by atoms with E-state index in [9.17, 15) is 0 Å². The van der Waals surface area contributed by atoms with E-state index in [-0.39, 0.29) is 0 Å². The molecule has 0 aliphatic rings. The van der Waals surface area contributed by atoms with Crippen LogP contribution in [0, 0.1) is 6.92 Å². The van der Waals surface area contributed by atoms with Crippen molar-refractivity contribution >= 4 is 29.0 Å². The monoisotopic (exact) mass is 311 g/mol. The molecule has 0 saturated carbocycles. The molecular formula is C14H15Cl2N3O. The Kier molecular flexibility index (Phi) is 5.04. The maximum absolute atomic E-state index is 5.94. The summed E-state index contributed by atoms with van der Waals surface area (Å²) in [5.41, 5.74) is 0. The Morgan fingerprint density at radius 3 is 2.45 bits per heavy atom. The van der Waals surface area contributed by atoms with Gasteiger partial charge in [-0.05, 0) is 31.5 Å². The third-order valence-corrected chi connectivity index (χ3v) is 2.87. The molecule has 0 bridgehead atoms. The van der Waals surface area contributed by atoms with Crippen LogP contribution in [0.25, 0.3) is 0 Å². The molecule has 0 unspecified atom stereocenters. The van der Waals surface area contributed by atoms with Crippen molar-refractivity contribution in [3.63, 3.8) is 0 Å². The minimum absolute atomic E-state index is 0.453. The summed E-state index contributed by atoms with van der Waals surface area (Å²) in [6.45, 7) is 4.75. The molecule has 0 fully saturated rings. The van der Waals surface area contributed by atoms with Gasteiger partial charge in [-0.15, -0.1) is 0 Å². The SMILES string of the molecule is CCCNc1cc(Oc2cc(Cl)cc(Cl)c2)nc(C)n1. The maximum atomic E-state index is 5.94. The molecule has 0 amide bonds. The number of nitrogens with zero attached hydrogens (tertiary/aromatic N) is 2. The first-order valence-electron chi connectivity index (χ1n) is 6.30. The molecule has 0 saturated heterocycles. The molecule has 0 radical (unpaired) electrons. The lowest BCUT2D eigenvalue weighted by atomic mass is 10.3. The lowest BCUT2D eigenvalue weighted by Gasteiger charge is -2.09. The maximum Gasteiger partial charge on any atom is 0.224 e. The van der Waals surface area contributed by atoms with Gasteiger partial charge in [-0.3, -0.25) is 0 Å². The van der Waals surface area contributed by atoms with Gasteiger partial charge in [0.1, 0.15) is 17.4 Å². The van der Waals surface area contributed by atoms with Gasteiger partial charge in [0.05, 0.1) is 0 Å². The average Bonchev–Trinajstić information content (AvgIpc) is 2.34. The molecule has 2 rings (SSSR count). The smallest absolute Gasteiger partial charge is 0.224 e. The molecule has 1 N–H and O–H groups in total. The van der Waals surface area contributed by atoms with Crippen molar-refractivity contribution < 1.29 is 4.74 Å². The van der Waals surface area contributed by atoms with Gasteiger partial charge < -0.3 is 10.1 Å². The fraction of sp³-hybridized carbons (Fsp3) is 0.286. The summed E-state index contributed by atoms with van der Waals surface area (Å²) in [5.74, 6) is 2.37. The lowest BCUT2D eigenvalue weighted by Crippen LogP contribution is -2.04. The Morgan fingerprint density at radius 1 is 1.10 bits per heavy atom. The van der Waals surface area contributed by atoms with Crippen molar-refractivity contribution in [1.29, 1.82) is 0 Å². The van der Waals surface area contributed by atoms with Gasteiger partial charge in [-0.1, -0.05) is 30.1 Å². The van der Waals surface area contributed by atoms with Crippen LogP contribution in [0.2, 0.25) is 10.0 Å². The van der Waals surface area contributed by atoms with Gasteiger partial charge in [-0.25, -0.2) is 4.98 Å². The number of ether oxygens (including phenoxy) is 1. The summed E-state index contributed by atoms with van der Waals surface area (Å²) < 4.78 is 5.68. The number of hydrogen-bond acceptors (Lipinski definition) is 4. The largest absolute Gasteiger partial charge is 0.439 e. The Morgan fingerprint density at radius 2 is 1.80 bits per heavy atom. The highest BCUT2D eigenvalue weighted by Crippen LogP contribution is 2.28. The fourth-order valence-corrected chi connectivity index (χ4v) is 2.15. The van der Waals surface area contributed by atoms with Crippen LogP contribution in [0.5, 0.6) is 11.6 Å². The fourth-order valence-electron chi connectivity index (χ4n) is 1.64. The Bertz CT molecular complexity index is 585. The summed E-state index contributed by atoms with van der Waals surface area (Å²) in [4.78, 5) is 8.53. The number of aromatic nitrogens is 2. The van der Waals surface area contributed by atoms with Crippen LogP contribution in [-0.4, -0.2) is 16.5 Å².